The van der Waals surface area contributed by atoms with Crippen LogP contribution < -0.4 is 0 Å². The average molecular weight is 230 g/mol. The highest BCUT2D eigenvalue weighted by Gasteiger charge is 1.97. The maximum atomic E-state index is 9.17. The highest BCUT2D eigenvalue weighted by molar-refractivity contribution is 5.25. The number of unbranched alkanes of at least 4 members (excludes halogenated alkanes) is 1. The molecule has 0 bridgehead atoms. The summed E-state index contributed by atoms with van der Waals surface area (Å²) in [5.74, 6) is 1.41. The first-order valence-corrected chi connectivity index (χ1v) is 6.01. The van der Waals surface area contributed by atoms with Crippen LogP contribution in [0.1, 0.15) is 24.2 Å². The van der Waals surface area contributed by atoms with Gasteiger partial charge in [0.25, 0.3) is 0 Å². The Bertz CT molecular complexity index is 459. The summed E-state index contributed by atoms with van der Waals surface area (Å²) in [6.07, 6.45) is 7.24. The van der Waals surface area contributed by atoms with Crippen molar-refractivity contribution in [3.05, 3.63) is 48.0 Å². The van der Waals surface area contributed by atoms with Gasteiger partial charge in [-0.2, -0.15) is 0 Å². The second-order valence-electron chi connectivity index (χ2n) is 4.29. The lowest BCUT2D eigenvalue weighted by Gasteiger charge is -2.05. The number of nitrogens with zero attached hydrogens (tertiary/aromatic N) is 2. The first kappa shape index (κ1) is 11.7. The molecule has 17 heavy (non-hydrogen) atoms. The molecule has 0 atom stereocenters. The second kappa shape index (κ2) is 5.53. The van der Waals surface area contributed by atoms with Gasteiger partial charge in [-0.05, 0) is 43.9 Å². The number of aryl methyl sites for hydroxylation is 3. The third-order valence-corrected chi connectivity index (χ3v) is 2.97. The summed E-state index contributed by atoms with van der Waals surface area (Å²) in [5, 5.41) is 9.17. The second-order valence-corrected chi connectivity index (χ2v) is 4.29. The number of phenols is 1. The maximum absolute atomic E-state index is 9.17. The van der Waals surface area contributed by atoms with Crippen LogP contribution >= 0.6 is 0 Å². The first-order valence-electron chi connectivity index (χ1n) is 6.01. The SMILES string of the molecule is Cc1nccn1CCCCc1ccc(O)cc1. The molecular weight excluding hydrogens is 212 g/mol. The Morgan fingerprint density at radius 1 is 1.18 bits per heavy atom. The van der Waals surface area contributed by atoms with Crippen molar-refractivity contribution in [3.8, 4) is 5.75 Å². The number of hydrogen-bond donors (Lipinski definition) is 1. The molecule has 0 unspecified atom stereocenters. The number of imidazole rings is 1. The predicted molar refractivity (Wildman–Crippen MR) is 68.0 cm³/mol. The monoisotopic (exact) mass is 230 g/mol. The quantitative estimate of drug-likeness (QED) is 0.802. The largest absolute Gasteiger partial charge is 0.508 e. The number of rotatable bonds is 5. The normalized spacial score (nSPS) is 10.6. The van der Waals surface area contributed by atoms with Gasteiger partial charge < -0.3 is 9.67 Å². The molecule has 0 aliphatic carbocycles. The van der Waals surface area contributed by atoms with Crippen LogP contribution in [-0.2, 0) is 13.0 Å². The minimum absolute atomic E-state index is 0.336. The van der Waals surface area contributed by atoms with Gasteiger partial charge >= 0.3 is 0 Å². The summed E-state index contributed by atoms with van der Waals surface area (Å²) in [6, 6.07) is 7.46. The van der Waals surface area contributed by atoms with Gasteiger partial charge in [-0.15, -0.1) is 0 Å². The molecule has 0 aliphatic rings. The van der Waals surface area contributed by atoms with Crippen molar-refractivity contribution in [2.75, 3.05) is 0 Å². The number of phenolic OH excluding ortho intramolecular Hbond substituents is 1. The Hall–Kier alpha value is -1.77. The van der Waals surface area contributed by atoms with E-state index in [4.69, 9.17) is 0 Å². The molecule has 0 radical (unpaired) electrons. The van der Waals surface area contributed by atoms with Gasteiger partial charge in [0, 0.05) is 18.9 Å². The summed E-state index contributed by atoms with van der Waals surface area (Å²) < 4.78 is 2.18. The van der Waals surface area contributed by atoms with Gasteiger partial charge in [0.1, 0.15) is 11.6 Å². The van der Waals surface area contributed by atoms with Crippen LogP contribution in [0.5, 0.6) is 5.75 Å². The molecule has 0 spiro atoms. The van der Waals surface area contributed by atoms with Gasteiger partial charge in [0.05, 0.1) is 0 Å². The predicted octanol–water partition coefficient (Wildman–Crippen LogP) is 2.92. The fourth-order valence-electron chi connectivity index (χ4n) is 1.91. The van der Waals surface area contributed by atoms with Gasteiger partial charge in [0.15, 0.2) is 0 Å². The van der Waals surface area contributed by atoms with E-state index in [1.165, 1.54) is 5.56 Å². The van der Waals surface area contributed by atoms with Crippen LogP contribution in [0.2, 0.25) is 0 Å². The summed E-state index contributed by atoms with van der Waals surface area (Å²) in [5.41, 5.74) is 1.28. The van der Waals surface area contributed by atoms with E-state index in [0.717, 1.165) is 31.6 Å². The molecule has 1 N–H and O–H groups in total. The van der Waals surface area contributed by atoms with E-state index in [1.807, 2.05) is 31.5 Å². The molecule has 0 fully saturated rings. The summed E-state index contributed by atoms with van der Waals surface area (Å²) in [6.45, 7) is 3.06. The van der Waals surface area contributed by atoms with Crippen LogP contribution in [0.4, 0.5) is 0 Å². The van der Waals surface area contributed by atoms with Gasteiger partial charge in [-0.25, -0.2) is 4.98 Å². The van der Waals surface area contributed by atoms with Crippen molar-refractivity contribution in [3.63, 3.8) is 0 Å². The zero-order valence-corrected chi connectivity index (χ0v) is 10.1. The van der Waals surface area contributed by atoms with E-state index in [9.17, 15) is 5.11 Å². The minimum Gasteiger partial charge on any atom is -0.508 e. The fraction of sp³-hybridized carbons (Fsp3) is 0.357. The minimum atomic E-state index is 0.336. The number of aromatic nitrogens is 2. The molecule has 2 aromatic rings. The van der Waals surface area contributed by atoms with E-state index < -0.39 is 0 Å². The Morgan fingerprint density at radius 3 is 2.59 bits per heavy atom. The molecule has 0 saturated carbocycles. The smallest absolute Gasteiger partial charge is 0.115 e. The van der Waals surface area contributed by atoms with Crippen molar-refractivity contribution in [1.29, 1.82) is 0 Å². The molecular formula is C14H18N2O. The van der Waals surface area contributed by atoms with Crippen LogP contribution in [-0.4, -0.2) is 14.7 Å². The standard InChI is InChI=1S/C14H18N2O/c1-12-15-9-11-16(12)10-3-2-4-13-5-7-14(17)8-6-13/h5-9,11,17H,2-4,10H2,1H3. The molecule has 0 saturated heterocycles. The molecule has 3 heteroatoms. The average Bonchev–Trinajstić information content (AvgIpc) is 2.73. The van der Waals surface area contributed by atoms with Crippen LogP contribution in [0.25, 0.3) is 0 Å². The maximum Gasteiger partial charge on any atom is 0.115 e. The van der Waals surface area contributed by atoms with Gasteiger partial charge in [-0.3, -0.25) is 0 Å². The van der Waals surface area contributed by atoms with Gasteiger partial charge in [-0.1, -0.05) is 12.1 Å². The third-order valence-electron chi connectivity index (χ3n) is 2.97. The summed E-state index contributed by atoms with van der Waals surface area (Å²) in [7, 11) is 0. The topological polar surface area (TPSA) is 38.0 Å². The van der Waals surface area contributed by atoms with Crippen molar-refractivity contribution in [1.82, 2.24) is 9.55 Å². The lowest BCUT2D eigenvalue weighted by Crippen LogP contribution is -1.99. The fourth-order valence-corrected chi connectivity index (χ4v) is 1.91. The van der Waals surface area contributed by atoms with Crippen LogP contribution in [0, 0.1) is 6.92 Å². The van der Waals surface area contributed by atoms with Crippen molar-refractivity contribution < 1.29 is 5.11 Å². The Labute approximate surface area is 102 Å². The Kier molecular flexibility index (Phi) is 3.81. The number of aromatic hydroxyl groups is 1. The zero-order chi connectivity index (χ0) is 12.1. The number of benzene rings is 1. The van der Waals surface area contributed by atoms with E-state index in [2.05, 4.69) is 9.55 Å². The van der Waals surface area contributed by atoms with E-state index in [1.54, 1.807) is 12.1 Å². The lowest BCUT2D eigenvalue weighted by molar-refractivity contribution is 0.475. The Balaban J connectivity index is 1.73. The summed E-state index contributed by atoms with van der Waals surface area (Å²) in [4.78, 5) is 4.20. The molecule has 0 aliphatic heterocycles. The molecule has 0 amide bonds. The van der Waals surface area contributed by atoms with Crippen molar-refractivity contribution >= 4 is 0 Å². The Morgan fingerprint density at radius 2 is 1.94 bits per heavy atom. The third kappa shape index (κ3) is 3.34. The van der Waals surface area contributed by atoms with Crippen LogP contribution in [0.15, 0.2) is 36.7 Å². The van der Waals surface area contributed by atoms with E-state index in [0.29, 0.717) is 5.75 Å². The molecule has 2 rings (SSSR count). The molecule has 1 aromatic carbocycles. The first-order chi connectivity index (χ1) is 8.25. The van der Waals surface area contributed by atoms with Gasteiger partial charge in [0.2, 0.25) is 0 Å². The zero-order valence-electron chi connectivity index (χ0n) is 10.1. The van der Waals surface area contributed by atoms with Crippen molar-refractivity contribution in [2.45, 2.75) is 32.7 Å². The summed E-state index contributed by atoms with van der Waals surface area (Å²) >= 11 is 0. The molecule has 1 heterocycles. The number of hydrogen-bond acceptors (Lipinski definition) is 2. The molecule has 1 aromatic heterocycles. The van der Waals surface area contributed by atoms with E-state index in [-0.39, 0.29) is 0 Å². The molecule has 90 valence electrons. The van der Waals surface area contributed by atoms with Crippen LogP contribution in [0.3, 0.4) is 0 Å². The molecule has 3 nitrogen and oxygen atoms in total. The highest BCUT2D eigenvalue weighted by atomic mass is 16.3. The van der Waals surface area contributed by atoms with E-state index >= 15 is 0 Å². The highest BCUT2D eigenvalue weighted by Crippen LogP contribution is 2.12. The van der Waals surface area contributed by atoms with Crippen molar-refractivity contribution in [2.24, 2.45) is 0 Å². The lowest BCUT2D eigenvalue weighted by atomic mass is 10.1.